The number of benzene rings is 2. The fourth-order valence-electron chi connectivity index (χ4n) is 3.29. The third-order valence-electron chi connectivity index (χ3n) is 4.99. The van der Waals surface area contributed by atoms with Crippen molar-refractivity contribution in [3.8, 4) is 11.5 Å². The third kappa shape index (κ3) is 4.70. The van der Waals surface area contributed by atoms with Crippen LogP contribution in [0.1, 0.15) is 26.3 Å². The lowest BCUT2D eigenvalue weighted by molar-refractivity contribution is 0.200. The molecule has 2 aromatic rings. The molecule has 140 valence electrons. The molecule has 0 unspecified atom stereocenters. The number of hydrogen-bond acceptors (Lipinski definition) is 4. The van der Waals surface area contributed by atoms with Gasteiger partial charge in [0.05, 0.1) is 5.69 Å². The minimum atomic E-state index is 0.172. The Labute approximate surface area is 157 Å². The zero-order chi connectivity index (χ0) is 18.6. The van der Waals surface area contributed by atoms with Crippen LogP contribution in [0, 0.1) is 0 Å². The van der Waals surface area contributed by atoms with Crippen molar-refractivity contribution >= 4 is 5.69 Å². The average Bonchev–Trinajstić information content (AvgIpc) is 2.63. The van der Waals surface area contributed by atoms with E-state index in [-0.39, 0.29) is 5.41 Å². The van der Waals surface area contributed by atoms with E-state index in [1.807, 2.05) is 18.2 Å². The summed E-state index contributed by atoms with van der Waals surface area (Å²) in [5.41, 5.74) is 2.43. The molecule has 0 radical (unpaired) electrons. The molecule has 0 bridgehead atoms. The smallest absolute Gasteiger partial charge is 0.138 e. The summed E-state index contributed by atoms with van der Waals surface area (Å²) in [5.74, 6) is 1.30. The number of rotatable bonds is 5. The van der Waals surface area contributed by atoms with Crippen molar-refractivity contribution in [2.75, 3.05) is 44.2 Å². The maximum absolute atomic E-state index is 9.99. The molecule has 0 spiro atoms. The topological polar surface area (TPSA) is 35.9 Å². The molecule has 0 atom stereocenters. The SMILES string of the molecule is CC(C)(C)c1ccc(OCCN2CCN(c3ccccc3O)CC2)cc1. The lowest BCUT2D eigenvalue weighted by atomic mass is 9.87. The van der Waals surface area contributed by atoms with E-state index < -0.39 is 0 Å². The van der Waals surface area contributed by atoms with Crippen LogP contribution >= 0.6 is 0 Å². The zero-order valence-corrected chi connectivity index (χ0v) is 16.1. The Hall–Kier alpha value is -2.20. The predicted molar refractivity (Wildman–Crippen MR) is 107 cm³/mol. The van der Waals surface area contributed by atoms with Crippen LogP contribution in [0.3, 0.4) is 0 Å². The molecule has 1 N–H and O–H groups in total. The van der Waals surface area contributed by atoms with Gasteiger partial charge in [-0.2, -0.15) is 0 Å². The van der Waals surface area contributed by atoms with Crippen molar-refractivity contribution in [1.82, 2.24) is 4.90 Å². The van der Waals surface area contributed by atoms with E-state index >= 15 is 0 Å². The molecular weight excluding hydrogens is 324 g/mol. The van der Waals surface area contributed by atoms with E-state index in [0.717, 1.165) is 44.2 Å². The van der Waals surface area contributed by atoms with Crippen molar-refractivity contribution in [2.45, 2.75) is 26.2 Å². The number of piperazine rings is 1. The van der Waals surface area contributed by atoms with Gasteiger partial charge in [0.1, 0.15) is 18.1 Å². The quantitative estimate of drug-likeness (QED) is 0.884. The molecule has 4 heteroatoms. The molecule has 1 heterocycles. The van der Waals surface area contributed by atoms with Crippen molar-refractivity contribution in [1.29, 1.82) is 0 Å². The van der Waals surface area contributed by atoms with E-state index in [2.05, 4.69) is 54.8 Å². The van der Waals surface area contributed by atoms with Crippen LogP contribution in [0.15, 0.2) is 48.5 Å². The monoisotopic (exact) mass is 354 g/mol. The van der Waals surface area contributed by atoms with E-state index in [4.69, 9.17) is 4.74 Å². The summed E-state index contributed by atoms with van der Waals surface area (Å²) >= 11 is 0. The van der Waals surface area contributed by atoms with Crippen LogP contribution in [0.2, 0.25) is 0 Å². The fourth-order valence-corrected chi connectivity index (χ4v) is 3.29. The predicted octanol–water partition coefficient (Wildman–Crippen LogP) is 3.89. The first-order valence-electron chi connectivity index (χ1n) is 9.42. The summed E-state index contributed by atoms with van der Waals surface area (Å²) in [6.45, 7) is 12.1. The molecule has 4 nitrogen and oxygen atoms in total. The second-order valence-electron chi connectivity index (χ2n) is 7.94. The van der Waals surface area contributed by atoms with Crippen LogP contribution in [-0.2, 0) is 5.41 Å². The first-order chi connectivity index (χ1) is 12.4. The standard InChI is InChI=1S/C22H30N2O2/c1-22(2,3)18-8-10-19(11-9-18)26-17-16-23-12-14-24(15-13-23)20-6-4-5-7-21(20)25/h4-11,25H,12-17H2,1-3H3. The number of ether oxygens (including phenoxy) is 1. The van der Waals surface area contributed by atoms with Crippen molar-refractivity contribution in [3.63, 3.8) is 0 Å². The van der Waals surface area contributed by atoms with Crippen molar-refractivity contribution in [3.05, 3.63) is 54.1 Å². The highest BCUT2D eigenvalue weighted by Crippen LogP contribution is 2.27. The van der Waals surface area contributed by atoms with Crippen LogP contribution < -0.4 is 9.64 Å². The highest BCUT2D eigenvalue weighted by Gasteiger charge is 2.19. The maximum atomic E-state index is 9.99. The van der Waals surface area contributed by atoms with E-state index in [1.165, 1.54) is 5.56 Å². The second-order valence-corrected chi connectivity index (χ2v) is 7.94. The molecular formula is C22H30N2O2. The van der Waals surface area contributed by atoms with Gasteiger partial charge in [-0.25, -0.2) is 0 Å². The van der Waals surface area contributed by atoms with Gasteiger partial charge in [-0.15, -0.1) is 0 Å². The van der Waals surface area contributed by atoms with Gasteiger partial charge in [0.2, 0.25) is 0 Å². The summed E-state index contributed by atoms with van der Waals surface area (Å²) in [6, 6.07) is 16.0. The molecule has 2 aromatic carbocycles. The number of anilines is 1. The van der Waals surface area contributed by atoms with Gasteiger partial charge >= 0.3 is 0 Å². The summed E-state index contributed by atoms with van der Waals surface area (Å²) in [7, 11) is 0. The number of aromatic hydroxyl groups is 1. The van der Waals surface area contributed by atoms with Crippen molar-refractivity contribution in [2.24, 2.45) is 0 Å². The van der Waals surface area contributed by atoms with E-state index in [9.17, 15) is 5.11 Å². The highest BCUT2D eigenvalue weighted by molar-refractivity contribution is 5.57. The van der Waals surface area contributed by atoms with Crippen LogP contribution in [0.5, 0.6) is 11.5 Å². The molecule has 0 saturated carbocycles. The Balaban J connectivity index is 1.42. The Morgan fingerprint density at radius 2 is 1.58 bits per heavy atom. The first kappa shape index (κ1) is 18.6. The number of nitrogens with zero attached hydrogens (tertiary/aromatic N) is 2. The summed E-state index contributed by atoms with van der Waals surface area (Å²) in [4.78, 5) is 4.66. The van der Waals surface area contributed by atoms with Gasteiger partial charge in [0.15, 0.2) is 0 Å². The van der Waals surface area contributed by atoms with Crippen LogP contribution in [0.25, 0.3) is 0 Å². The van der Waals surface area contributed by atoms with Gasteiger partial charge < -0.3 is 14.7 Å². The lowest BCUT2D eigenvalue weighted by Gasteiger charge is -2.36. The molecule has 1 aliphatic rings. The molecule has 0 aromatic heterocycles. The molecule has 0 amide bonds. The average molecular weight is 354 g/mol. The minimum Gasteiger partial charge on any atom is -0.506 e. The molecule has 3 rings (SSSR count). The maximum Gasteiger partial charge on any atom is 0.138 e. The van der Waals surface area contributed by atoms with Crippen LogP contribution in [-0.4, -0.2) is 49.3 Å². The van der Waals surface area contributed by atoms with E-state index in [1.54, 1.807) is 6.07 Å². The van der Waals surface area contributed by atoms with Gasteiger partial charge in [0.25, 0.3) is 0 Å². The third-order valence-corrected chi connectivity index (χ3v) is 4.99. The van der Waals surface area contributed by atoms with Gasteiger partial charge in [-0.3, -0.25) is 4.90 Å². The summed E-state index contributed by atoms with van der Waals surface area (Å²) in [5, 5.41) is 9.99. The Morgan fingerprint density at radius 1 is 0.923 bits per heavy atom. The Morgan fingerprint density at radius 3 is 2.19 bits per heavy atom. The van der Waals surface area contributed by atoms with Crippen molar-refractivity contribution < 1.29 is 9.84 Å². The number of phenolic OH excluding ortho intramolecular Hbond substituents is 1. The second kappa shape index (κ2) is 8.00. The normalized spacial score (nSPS) is 15.9. The number of phenols is 1. The molecule has 1 saturated heterocycles. The van der Waals surface area contributed by atoms with Gasteiger partial charge in [-0.05, 0) is 35.2 Å². The number of para-hydroxylation sites is 2. The van der Waals surface area contributed by atoms with Gasteiger partial charge in [-0.1, -0.05) is 45.0 Å². The molecule has 1 aliphatic heterocycles. The summed E-state index contributed by atoms with van der Waals surface area (Å²) in [6.07, 6.45) is 0. The van der Waals surface area contributed by atoms with Gasteiger partial charge in [0, 0.05) is 32.7 Å². The molecule has 0 aliphatic carbocycles. The molecule has 26 heavy (non-hydrogen) atoms. The summed E-state index contributed by atoms with van der Waals surface area (Å²) < 4.78 is 5.91. The highest BCUT2D eigenvalue weighted by atomic mass is 16.5. The largest absolute Gasteiger partial charge is 0.506 e. The Kier molecular flexibility index (Phi) is 5.72. The van der Waals surface area contributed by atoms with E-state index in [0.29, 0.717) is 12.4 Å². The van der Waals surface area contributed by atoms with Crippen LogP contribution in [0.4, 0.5) is 5.69 Å². The minimum absolute atomic E-state index is 0.172. The molecule has 1 fully saturated rings. The lowest BCUT2D eigenvalue weighted by Crippen LogP contribution is -2.47. The zero-order valence-electron chi connectivity index (χ0n) is 16.1. The Bertz CT molecular complexity index is 699. The first-order valence-corrected chi connectivity index (χ1v) is 9.42. The number of hydrogen-bond donors (Lipinski definition) is 1. The fraction of sp³-hybridized carbons (Fsp3) is 0.455.